The molecule has 0 aliphatic carbocycles. The highest BCUT2D eigenvalue weighted by Crippen LogP contribution is 2.50. The molecule has 0 rings (SSSR count). The van der Waals surface area contributed by atoms with E-state index in [1.54, 1.807) is 0 Å². The predicted molar refractivity (Wildman–Crippen MR) is 123 cm³/mol. The summed E-state index contributed by atoms with van der Waals surface area (Å²) in [4.78, 5) is 10.2. The quantitative estimate of drug-likeness (QED) is 0.132. The van der Waals surface area contributed by atoms with Crippen molar-refractivity contribution in [3.63, 3.8) is 0 Å². The summed E-state index contributed by atoms with van der Waals surface area (Å²) in [6, 6.07) is 0. The third kappa shape index (κ3) is 17.0. The molecule has 1 N–H and O–H groups in total. The fraction of sp³-hybridized carbons (Fsp3) is 0.957. The maximum Gasteiger partial charge on any atom is 0.331 e. The normalized spacial score (nSPS) is 15.5. The van der Waals surface area contributed by atoms with Gasteiger partial charge in [-0.2, -0.15) is 0 Å². The van der Waals surface area contributed by atoms with Crippen molar-refractivity contribution >= 4 is 7.60 Å². The van der Waals surface area contributed by atoms with Crippen molar-refractivity contribution in [3.8, 4) is 0 Å². The highest BCUT2D eigenvalue weighted by molar-refractivity contribution is 7.53. The molecule has 28 heavy (non-hydrogen) atoms. The Morgan fingerprint density at radius 2 is 1.29 bits per heavy atom. The van der Waals surface area contributed by atoms with Crippen LogP contribution in [-0.4, -0.2) is 49.3 Å². The van der Waals surface area contributed by atoms with Crippen molar-refractivity contribution in [2.75, 3.05) is 34.3 Å². The number of likely N-dealkylation sites (N-methyl/N-ethyl adjacent to an activating group) is 1. The summed E-state index contributed by atoms with van der Waals surface area (Å²) in [7, 11) is 2.62. The van der Waals surface area contributed by atoms with Crippen LogP contribution in [0.2, 0.25) is 0 Å². The largest absolute Gasteiger partial charge is 0.331 e. The molecule has 0 aromatic carbocycles. The average Bonchev–Trinajstić information content (AvgIpc) is 2.60. The molecular weight excluding hydrogens is 369 g/mol. The minimum atomic E-state index is -3.55. The summed E-state index contributed by atoms with van der Waals surface area (Å²) in [5, 5.41) is 0. The summed E-state index contributed by atoms with van der Waals surface area (Å²) in [6.07, 6.45) is 18.3. The maximum absolute atomic E-state index is 12.5. The van der Waals surface area contributed by atoms with E-state index in [1.165, 1.54) is 70.6 Å². The maximum atomic E-state index is 12.5. The number of quaternary nitrogens is 1. The second kappa shape index (κ2) is 16.9. The van der Waals surface area contributed by atoms with Gasteiger partial charge in [0.15, 0.2) is 0 Å². The van der Waals surface area contributed by atoms with Gasteiger partial charge in [-0.05, 0) is 12.8 Å². The molecule has 0 amide bonds. The van der Waals surface area contributed by atoms with Crippen LogP contribution < -0.4 is 0 Å². The first-order chi connectivity index (χ1) is 13.2. The van der Waals surface area contributed by atoms with Gasteiger partial charge in [0.1, 0.15) is 13.2 Å². The topological polar surface area (TPSA) is 46.5 Å². The molecule has 2 atom stereocenters. The van der Waals surface area contributed by atoms with Gasteiger partial charge >= 0.3 is 7.60 Å². The standard InChI is InChI=1S/C23H49NO3P/c1-6-8-9-10-11-12-13-14-15-16-17-18-19-20-23(7-2)28(25,26)27-22-21-24(3,4)5/h23H,2,6-22H2,1,3-5H3/p+1. The van der Waals surface area contributed by atoms with Crippen molar-refractivity contribution in [2.24, 2.45) is 0 Å². The molecule has 0 aliphatic rings. The van der Waals surface area contributed by atoms with Crippen LogP contribution in [0.5, 0.6) is 0 Å². The Morgan fingerprint density at radius 1 is 0.857 bits per heavy atom. The fourth-order valence-corrected chi connectivity index (χ4v) is 4.81. The van der Waals surface area contributed by atoms with E-state index in [1.807, 2.05) is 0 Å². The van der Waals surface area contributed by atoms with E-state index < -0.39 is 7.60 Å². The van der Waals surface area contributed by atoms with Crippen LogP contribution in [0.15, 0.2) is 0 Å². The smallest absolute Gasteiger partial charge is 0.329 e. The SMILES string of the molecule is [CH2]CC(CCCCCCCCCCCCCCC)P(=O)(O)OCC[N+](C)(C)C. The van der Waals surface area contributed by atoms with Crippen molar-refractivity contribution in [1.82, 2.24) is 0 Å². The van der Waals surface area contributed by atoms with E-state index in [9.17, 15) is 9.46 Å². The first kappa shape index (κ1) is 28.1. The van der Waals surface area contributed by atoms with Crippen LogP contribution in [0.25, 0.3) is 0 Å². The Morgan fingerprint density at radius 3 is 1.68 bits per heavy atom. The zero-order valence-corrected chi connectivity index (χ0v) is 20.4. The van der Waals surface area contributed by atoms with Crippen LogP contribution in [0.3, 0.4) is 0 Å². The minimum Gasteiger partial charge on any atom is -0.329 e. The first-order valence-corrected chi connectivity index (χ1v) is 13.4. The Hall–Kier alpha value is 0.110. The Kier molecular flexibility index (Phi) is 16.9. The van der Waals surface area contributed by atoms with Crippen LogP contribution >= 0.6 is 7.60 Å². The molecule has 0 aromatic heterocycles. The molecule has 0 aromatic rings. The third-order valence-corrected chi connectivity index (χ3v) is 7.47. The second-order valence-electron chi connectivity index (χ2n) is 9.39. The lowest BCUT2D eigenvalue weighted by Crippen LogP contribution is -2.37. The van der Waals surface area contributed by atoms with Crippen LogP contribution in [0.1, 0.15) is 103 Å². The van der Waals surface area contributed by atoms with Crippen molar-refractivity contribution < 1.29 is 18.5 Å². The second-order valence-corrected chi connectivity index (χ2v) is 11.5. The van der Waals surface area contributed by atoms with Gasteiger partial charge in [-0.1, -0.05) is 97.3 Å². The van der Waals surface area contributed by atoms with Gasteiger partial charge in [0, 0.05) is 0 Å². The number of hydrogen-bond donors (Lipinski definition) is 1. The monoisotopic (exact) mass is 419 g/mol. The molecule has 0 heterocycles. The van der Waals surface area contributed by atoms with Gasteiger partial charge in [0.2, 0.25) is 0 Å². The molecular formula is C23H50NO3P+. The summed E-state index contributed by atoms with van der Waals surface area (Å²) >= 11 is 0. The van der Waals surface area contributed by atoms with Gasteiger partial charge in [-0.25, -0.2) is 0 Å². The van der Waals surface area contributed by atoms with Gasteiger partial charge in [-0.15, -0.1) is 0 Å². The molecule has 0 saturated heterocycles. The van der Waals surface area contributed by atoms with Gasteiger partial charge in [0.05, 0.1) is 26.8 Å². The molecule has 0 bridgehead atoms. The summed E-state index contributed by atoms with van der Waals surface area (Å²) in [6.45, 7) is 7.20. The van der Waals surface area contributed by atoms with Crippen molar-refractivity contribution in [1.29, 1.82) is 0 Å². The molecule has 0 fully saturated rings. The predicted octanol–water partition coefficient (Wildman–Crippen LogP) is 6.97. The highest BCUT2D eigenvalue weighted by atomic mass is 31.2. The molecule has 0 saturated carbocycles. The minimum absolute atomic E-state index is 0.312. The molecule has 5 heteroatoms. The number of hydrogen-bond acceptors (Lipinski definition) is 2. The Labute approximate surface area is 176 Å². The zero-order chi connectivity index (χ0) is 21.3. The molecule has 1 radical (unpaired) electrons. The van der Waals surface area contributed by atoms with E-state index in [-0.39, 0.29) is 5.66 Å². The molecule has 0 spiro atoms. The van der Waals surface area contributed by atoms with Crippen LogP contribution in [-0.2, 0) is 9.09 Å². The number of rotatable bonds is 20. The number of nitrogens with zero attached hydrogens (tertiary/aromatic N) is 1. The molecule has 4 nitrogen and oxygen atoms in total. The van der Waals surface area contributed by atoms with Gasteiger partial charge in [0.25, 0.3) is 0 Å². The van der Waals surface area contributed by atoms with E-state index in [0.29, 0.717) is 13.0 Å². The lowest BCUT2D eigenvalue weighted by atomic mass is 10.0. The molecule has 169 valence electrons. The van der Waals surface area contributed by atoms with E-state index >= 15 is 0 Å². The molecule has 2 unspecified atom stereocenters. The van der Waals surface area contributed by atoms with E-state index in [0.717, 1.165) is 30.3 Å². The van der Waals surface area contributed by atoms with Crippen molar-refractivity contribution in [2.45, 2.75) is 109 Å². The average molecular weight is 420 g/mol. The van der Waals surface area contributed by atoms with E-state index in [2.05, 4.69) is 35.0 Å². The summed E-state index contributed by atoms with van der Waals surface area (Å²) in [5.74, 6) is 0. The van der Waals surface area contributed by atoms with Crippen molar-refractivity contribution in [3.05, 3.63) is 6.92 Å². The lowest BCUT2D eigenvalue weighted by Gasteiger charge is -2.26. The molecule has 0 aliphatic heterocycles. The Balaban J connectivity index is 3.67. The number of unbranched alkanes of at least 4 members (excludes halogenated alkanes) is 12. The van der Waals surface area contributed by atoms with Gasteiger partial charge in [-0.3, -0.25) is 4.57 Å². The zero-order valence-electron chi connectivity index (χ0n) is 19.5. The highest BCUT2D eigenvalue weighted by Gasteiger charge is 2.31. The third-order valence-electron chi connectivity index (χ3n) is 5.47. The fourth-order valence-electron chi connectivity index (χ4n) is 3.42. The van der Waals surface area contributed by atoms with Gasteiger partial charge < -0.3 is 13.9 Å². The first-order valence-electron chi connectivity index (χ1n) is 11.8. The lowest BCUT2D eigenvalue weighted by molar-refractivity contribution is -0.870. The summed E-state index contributed by atoms with van der Waals surface area (Å²) < 4.78 is 18.6. The van der Waals surface area contributed by atoms with Crippen LogP contribution in [0.4, 0.5) is 0 Å². The van der Waals surface area contributed by atoms with Crippen LogP contribution in [0, 0.1) is 6.92 Å². The Bertz CT molecular complexity index is 396. The van der Waals surface area contributed by atoms with E-state index in [4.69, 9.17) is 4.52 Å². The summed E-state index contributed by atoms with van der Waals surface area (Å²) in [5.41, 5.74) is -0.312.